The van der Waals surface area contributed by atoms with Crippen molar-refractivity contribution in [1.82, 2.24) is 5.32 Å². The van der Waals surface area contributed by atoms with Crippen molar-refractivity contribution in [1.29, 1.82) is 0 Å². The van der Waals surface area contributed by atoms with Crippen LogP contribution >= 0.6 is 11.6 Å². The smallest absolute Gasteiger partial charge is 0.258 e. The number of benzene rings is 1. The summed E-state index contributed by atoms with van der Waals surface area (Å²) in [7, 11) is 0. The normalized spacial score (nSPS) is 11.9. The van der Waals surface area contributed by atoms with E-state index in [1.807, 2.05) is 37.3 Å². The van der Waals surface area contributed by atoms with Crippen molar-refractivity contribution < 1.29 is 9.53 Å². The van der Waals surface area contributed by atoms with Gasteiger partial charge < -0.3 is 10.1 Å². The van der Waals surface area contributed by atoms with E-state index in [0.717, 1.165) is 12.8 Å². The van der Waals surface area contributed by atoms with E-state index in [0.29, 0.717) is 11.6 Å². The summed E-state index contributed by atoms with van der Waals surface area (Å²) in [5.41, 5.74) is 0. The van der Waals surface area contributed by atoms with E-state index >= 15 is 0 Å². The van der Waals surface area contributed by atoms with Crippen molar-refractivity contribution in [2.75, 3.05) is 12.5 Å². The minimum Gasteiger partial charge on any atom is -0.484 e. The van der Waals surface area contributed by atoms with Crippen molar-refractivity contribution in [2.24, 2.45) is 0 Å². The monoisotopic (exact) mass is 255 g/mol. The lowest BCUT2D eigenvalue weighted by Gasteiger charge is -2.13. The summed E-state index contributed by atoms with van der Waals surface area (Å²) in [4.78, 5) is 11.5. The SMILES string of the molecule is CC(CCCCl)NC(=O)COc1ccccc1. The van der Waals surface area contributed by atoms with Crippen molar-refractivity contribution in [3.05, 3.63) is 30.3 Å². The molecule has 0 aliphatic carbocycles. The third-order valence-corrected chi connectivity index (χ3v) is 2.56. The molecule has 0 saturated carbocycles. The second kappa shape index (κ2) is 7.96. The Morgan fingerprint density at radius 3 is 2.76 bits per heavy atom. The number of para-hydroxylation sites is 1. The maximum atomic E-state index is 11.5. The molecule has 3 nitrogen and oxygen atoms in total. The molecular formula is C13H18ClNO2. The van der Waals surface area contributed by atoms with Gasteiger partial charge in [-0.1, -0.05) is 18.2 Å². The first-order chi connectivity index (χ1) is 8.22. The second-order valence-electron chi connectivity index (χ2n) is 3.90. The summed E-state index contributed by atoms with van der Waals surface area (Å²) < 4.78 is 5.34. The Labute approximate surface area is 107 Å². The molecule has 0 radical (unpaired) electrons. The van der Waals surface area contributed by atoms with E-state index in [1.54, 1.807) is 0 Å². The van der Waals surface area contributed by atoms with Gasteiger partial charge >= 0.3 is 0 Å². The highest BCUT2D eigenvalue weighted by Crippen LogP contribution is 2.07. The summed E-state index contributed by atoms with van der Waals surface area (Å²) in [6.07, 6.45) is 1.79. The highest BCUT2D eigenvalue weighted by atomic mass is 35.5. The Kier molecular flexibility index (Phi) is 6.48. The number of amides is 1. The Morgan fingerprint density at radius 2 is 2.12 bits per heavy atom. The zero-order chi connectivity index (χ0) is 12.5. The van der Waals surface area contributed by atoms with Crippen LogP contribution in [0.25, 0.3) is 0 Å². The molecule has 4 heteroatoms. The lowest BCUT2D eigenvalue weighted by atomic mass is 10.2. The Morgan fingerprint density at radius 1 is 1.41 bits per heavy atom. The summed E-state index contributed by atoms with van der Waals surface area (Å²) in [6, 6.07) is 9.43. The van der Waals surface area contributed by atoms with Gasteiger partial charge in [0, 0.05) is 11.9 Å². The number of alkyl halides is 1. The fraction of sp³-hybridized carbons (Fsp3) is 0.462. The maximum absolute atomic E-state index is 11.5. The fourth-order valence-electron chi connectivity index (χ4n) is 1.44. The molecule has 0 spiro atoms. The zero-order valence-corrected chi connectivity index (χ0v) is 10.7. The molecule has 0 fully saturated rings. The van der Waals surface area contributed by atoms with E-state index in [4.69, 9.17) is 16.3 Å². The van der Waals surface area contributed by atoms with Crippen LogP contribution in [0, 0.1) is 0 Å². The Balaban J connectivity index is 2.21. The average molecular weight is 256 g/mol. The minimum absolute atomic E-state index is 0.0508. The number of hydrogen-bond donors (Lipinski definition) is 1. The molecule has 1 unspecified atom stereocenters. The first-order valence-corrected chi connectivity index (χ1v) is 6.29. The Bertz CT molecular complexity index is 329. The lowest BCUT2D eigenvalue weighted by Crippen LogP contribution is -2.36. The van der Waals surface area contributed by atoms with E-state index in [1.165, 1.54) is 0 Å². The van der Waals surface area contributed by atoms with Gasteiger partial charge in [-0.25, -0.2) is 0 Å². The average Bonchev–Trinajstić information content (AvgIpc) is 2.35. The topological polar surface area (TPSA) is 38.3 Å². The predicted octanol–water partition coefficient (Wildman–Crippen LogP) is 2.59. The summed E-state index contributed by atoms with van der Waals surface area (Å²) >= 11 is 5.59. The maximum Gasteiger partial charge on any atom is 0.258 e. The van der Waals surface area contributed by atoms with Crippen molar-refractivity contribution in [3.63, 3.8) is 0 Å². The van der Waals surface area contributed by atoms with Crippen LogP contribution in [0.15, 0.2) is 30.3 Å². The molecule has 1 N–H and O–H groups in total. The van der Waals surface area contributed by atoms with Crippen LogP contribution < -0.4 is 10.1 Å². The molecule has 94 valence electrons. The van der Waals surface area contributed by atoms with Gasteiger partial charge in [0.05, 0.1) is 0 Å². The molecule has 17 heavy (non-hydrogen) atoms. The van der Waals surface area contributed by atoms with E-state index in [2.05, 4.69) is 5.32 Å². The van der Waals surface area contributed by atoms with Crippen LogP contribution in [0.4, 0.5) is 0 Å². The Hall–Kier alpha value is -1.22. The first kappa shape index (κ1) is 13.8. The number of rotatable bonds is 7. The zero-order valence-electron chi connectivity index (χ0n) is 9.99. The number of halogens is 1. The van der Waals surface area contributed by atoms with Gasteiger partial charge in [-0.2, -0.15) is 0 Å². The summed E-state index contributed by atoms with van der Waals surface area (Å²) in [5, 5.41) is 2.86. The van der Waals surface area contributed by atoms with Crippen LogP contribution in [-0.2, 0) is 4.79 Å². The molecule has 0 aromatic heterocycles. The van der Waals surface area contributed by atoms with Crippen molar-refractivity contribution >= 4 is 17.5 Å². The van der Waals surface area contributed by atoms with Gasteiger partial charge in [0.25, 0.3) is 5.91 Å². The third-order valence-electron chi connectivity index (χ3n) is 2.29. The van der Waals surface area contributed by atoms with Gasteiger partial charge in [0.2, 0.25) is 0 Å². The molecule has 0 heterocycles. The molecule has 0 bridgehead atoms. The van der Waals surface area contributed by atoms with Gasteiger partial charge in [-0.15, -0.1) is 11.6 Å². The minimum atomic E-state index is -0.101. The van der Waals surface area contributed by atoms with E-state index < -0.39 is 0 Å². The van der Waals surface area contributed by atoms with Crippen LogP contribution in [-0.4, -0.2) is 24.4 Å². The van der Waals surface area contributed by atoms with Gasteiger partial charge in [0.1, 0.15) is 5.75 Å². The molecule has 0 aliphatic rings. The first-order valence-electron chi connectivity index (χ1n) is 5.75. The van der Waals surface area contributed by atoms with E-state index in [-0.39, 0.29) is 18.6 Å². The number of carbonyl (C=O) groups is 1. The highest BCUT2D eigenvalue weighted by Gasteiger charge is 2.07. The van der Waals surface area contributed by atoms with Crippen LogP contribution in [0.3, 0.4) is 0 Å². The largest absolute Gasteiger partial charge is 0.484 e. The molecule has 1 amide bonds. The molecule has 1 atom stereocenters. The van der Waals surface area contributed by atoms with Gasteiger partial charge in [-0.3, -0.25) is 4.79 Å². The molecular weight excluding hydrogens is 238 g/mol. The van der Waals surface area contributed by atoms with Crippen LogP contribution in [0.1, 0.15) is 19.8 Å². The van der Waals surface area contributed by atoms with Gasteiger partial charge in [-0.05, 0) is 31.9 Å². The lowest BCUT2D eigenvalue weighted by molar-refractivity contribution is -0.123. The molecule has 1 aromatic rings. The van der Waals surface area contributed by atoms with E-state index in [9.17, 15) is 4.79 Å². The summed E-state index contributed by atoms with van der Waals surface area (Å²) in [6.45, 7) is 2.02. The van der Waals surface area contributed by atoms with Gasteiger partial charge in [0.15, 0.2) is 6.61 Å². The number of nitrogens with one attached hydrogen (secondary N) is 1. The predicted molar refractivity (Wildman–Crippen MR) is 69.5 cm³/mol. The quantitative estimate of drug-likeness (QED) is 0.761. The molecule has 1 rings (SSSR count). The van der Waals surface area contributed by atoms with Crippen molar-refractivity contribution in [2.45, 2.75) is 25.8 Å². The fourth-order valence-corrected chi connectivity index (χ4v) is 1.59. The molecule has 0 aliphatic heterocycles. The second-order valence-corrected chi connectivity index (χ2v) is 4.28. The standard InChI is InChI=1S/C13H18ClNO2/c1-11(6-5-9-14)15-13(16)10-17-12-7-3-2-4-8-12/h2-4,7-8,11H,5-6,9-10H2,1H3,(H,15,16). The van der Waals surface area contributed by atoms with Crippen LogP contribution in [0.2, 0.25) is 0 Å². The summed E-state index contributed by atoms with van der Waals surface area (Å²) in [5.74, 6) is 1.23. The number of ether oxygens (including phenoxy) is 1. The van der Waals surface area contributed by atoms with Crippen molar-refractivity contribution in [3.8, 4) is 5.75 Å². The van der Waals surface area contributed by atoms with Crippen LogP contribution in [0.5, 0.6) is 5.75 Å². The molecule has 0 saturated heterocycles. The third kappa shape index (κ3) is 6.17. The molecule has 1 aromatic carbocycles. The number of carbonyl (C=O) groups excluding carboxylic acids is 1. The highest BCUT2D eigenvalue weighted by molar-refractivity contribution is 6.17. The number of hydrogen-bond acceptors (Lipinski definition) is 2.